The van der Waals surface area contributed by atoms with Crippen molar-refractivity contribution in [1.82, 2.24) is 20.7 Å². The van der Waals surface area contributed by atoms with Crippen LogP contribution in [-0.2, 0) is 19.6 Å². The monoisotopic (exact) mass is 472 g/mol. The van der Waals surface area contributed by atoms with Gasteiger partial charge in [0.15, 0.2) is 12.4 Å². The number of hydrogen-bond acceptors (Lipinski definition) is 7. The molecular formula is C22H24N4O6S. The summed E-state index contributed by atoms with van der Waals surface area (Å²) in [5.74, 6) is -0.769. The van der Waals surface area contributed by atoms with E-state index in [2.05, 4.69) is 20.7 Å². The van der Waals surface area contributed by atoms with E-state index >= 15 is 0 Å². The Morgan fingerprint density at radius 3 is 2.36 bits per heavy atom. The normalized spacial score (nSPS) is 12.1. The Labute approximate surface area is 191 Å². The molecule has 0 aliphatic carbocycles. The number of para-hydroxylation sites is 1. The highest BCUT2D eigenvalue weighted by Crippen LogP contribution is 2.29. The number of amides is 2. The summed E-state index contributed by atoms with van der Waals surface area (Å²) >= 11 is 0. The van der Waals surface area contributed by atoms with E-state index in [0.717, 1.165) is 11.1 Å². The molecule has 0 spiro atoms. The standard InChI is InChI=1S/C22H24N4O6S/c1-14-21(16(3)32-25-14)33(29,30)26-15(2)22(28)24-23-20(27)13-31-19-12-8-7-11-18(19)17-9-5-4-6-10-17/h4-12,15,26H,13H2,1-3H3,(H,23,27)(H,24,28)/t15-/m0/s1. The number of hydrazine groups is 1. The molecular weight excluding hydrogens is 448 g/mol. The molecule has 0 fully saturated rings. The Kier molecular flexibility index (Phi) is 7.46. The molecule has 1 heterocycles. The third-order valence-electron chi connectivity index (χ3n) is 4.62. The molecule has 0 aliphatic heterocycles. The molecule has 10 nitrogen and oxygen atoms in total. The lowest BCUT2D eigenvalue weighted by molar-refractivity contribution is -0.130. The van der Waals surface area contributed by atoms with Crippen LogP contribution in [0.15, 0.2) is 64.0 Å². The lowest BCUT2D eigenvalue weighted by Crippen LogP contribution is -2.51. The number of carbonyl (C=O) groups excluding carboxylic acids is 2. The Balaban J connectivity index is 1.53. The second kappa shape index (κ2) is 10.3. The molecule has 3 rings (SSSR count). The zero-order valence-electron chi connectivity index (χ0n) is 18.3. The molecule has 2 aromatic carbocycles. The van der Waals surface area contributed by atoms with E-state index in [0.29, 0.717) is 5.75 Å². The summed E-state index contributed by atoms with van der Waals surface area (Å²) in [5.41, 5.74) is 6.31. The van der Waals surface area contributed by atoms with Gasteiger partial charge in [0.05, 0.1) is 6.04 Å². The van der Waals surface area contributed by atoms with Gasteiger partial charge in [0, 0.05) is 5.56 Å². The minimum Gasteiger partial charge on any atom is -0.483 e. The topological polar surface area (TPSA) is 140 Å². The van der Waals surface area contributed by atoms with E-state index in [1.54, 1.807) is 12.1 Å². The Morgan fingerprint density at radius 2 is 1.70 bits per heavy atom. The van der Waals surface area contributed by atoms with Crippen LogP contribution in [0.4, 0.5) is 0 Å². The first-order valence-electron chi connectivity index (χ1n) is 10.00. The summed E-state index contributed by atoms with van der Waals surface area (Å²) in [4.78, 5) is 24.3. The highest BCUT2D eigenvalue weighted by atomic mass is 32.2. The van der Waals surface area contributed by atoms with E-state index < -0.39 is 27.9 Å². The maximum absolute atomic E-state index is 12.5. The SMILES string of the molecule is Cc1noc(C)c1S(=O)(=O)N[C@@H](C)C(=O)NNC(=O)COc1ccccc1-c1ccccc1. The average molecular weight is 473 g/mol. The summed E-state index contributed by atoms with van der Waals surface area (Å²) in [6, 6.07) is 15.6. The number of nitrogens with zero attached hydrogens (tertiary/aromatic N) is 1. The highest BCUT2D eigenvalue weighted by Gasteiger charge is 2.28. The largest absolute Gasteiger partial charge is 0.483 e. The van der Waals surface area contributed by atoms with Crippen LogP contribution in [0.5, 0.6) is 5.75 Å². The molecule has 0 saturated carbocycles. The van der Waals surface area contributed by atoms with E-state index in [1.807, 2.05) is 42.5 Å². The Bertz CT molecular complexity index is 1220. The van der Waals surface area contributed by atoms with Gasteiger partial charge in [-0.2, -0.15) is 4.72 Å². The van der Waals surface area contributed by atoms with Gasteiger partial charge in [0.25, 0.3) is 11.8 Å². The van der Waals surface area contributed by atoms with E-state index in [1.165, 1.54) is 20.8 Å². The molecule has 11 heteroatoms. The third kappa shape index (κ3) is 5.96. The summed E-state index contributed by atoms with van der Waals surface area (Å²) in [6.07, 6.45) is 0. The zero-order chi connectivity index (χ0) is 24.0. The predicted octanol–water partition coefficient (Wildman–Crippen LogP) is 1.85. The van der Waals surface area contributed by atoms with Crippen LogP contribution in [0.25, 0.3) is 11.1 Å². The van der Waals surface area contributed by atoms with Crippen molar-refractivity contribution in [3.8, 4) is 16.9 Å². The van der Waals surface area contributed by atoms with Crippen molar-refractivity contribution in [2.75, 3.05) is 6.61 Å². The summed E-state index contributed by atoms with van der Waals surface area (Å²) in [7, 11) is -4.04. The quantitative estimate of drug-likeness (QED) is 0.425. The number of benzene rings is 2. The second-order valence-corrected chi connectivity index (χ2v) is 8.84. The summed E-state index contributed by atoms with van der Waals surface area (Å²) < 4.78 is 37.7. The van der Waals surface area contributed by atoms with Gasteiger partial charge < -0.3 is 9.26 Å². The Morgan fingerprint density at radius 1 is 1.03 bits per heavy atom. The van der Waals surface area contributed by atoms with Gasteiger partial charge in [-0.1, -0.05) is 53.7 Å². The first kappa shape index (κ1) is 24.0. The van der Waals surface area contributed by atoms with Crippen LogP contribution in [0.2, 0.25) is 0 Å². The van der Waals surface area contributed by atoms with E-state index in [9.17, 15) is 18.0 Å². The van der Waals surface area contributed by atoms with Crippen molar-refractivity contribution >= 4 is 21.8 Å². The number of ether oxygens (including phenoxy) is 1. The van der Waals surface area contributed by atoms with E-state index in [-0.39, 0.29) is 23.0 Å². The maximum Gasteiger partial charge on any atom is 0.276 e. The lowest BCUT2D eigenvalue weighted by Gasteiger charge is -2.15. The zero-order valence-corrected chi connectivity index (χ0v) is 19.1. The van der Waals surface area contributed by atoms with Crippen LogP contribution in [0.1, 0.15) is 18.4 Å². The molecule has 0 aliphatic rings. The molecule has 1 aromatic heterocycles. The number of carbonyl (C=O) groups is 2. The van der Waals surface area contributed by atoms with Gasteiger partial charge in [-0.15, -0.1) is 0 Å². The molecule has 1 atom stereocenters. The first-order valence-corrected chi connectivity index (χ1v) is 11.5. The van der Waals surface area contributed by atoms with Crippen LogP contribution in [0.3, 0.4) is 0 Å². The molecule has 0 radical (unpaired) electrons. The first-order chi connectivity index (χ1) is 15.7. The lowest BCUT2D eigenvalue weighted by atomic mass is 10.1. The molecule has 0 bridgehead atoms. The highest BCUT2D eigenvalue weighted by molar-refractivity contribution is 7.89. The van der Waals surface area contributed by atoms with Crippen molar-refractivity contribution in [2.24, 2.45) is 0 Å². The predicted molar refractivity (Wildman–Crippen MR) is 119 cm³/mol. The van der Waals surface area contributed by atoms with Crippen LogP contribution >= 0.6 is 0 Å². The number of aryl methyl sites for hydroxylation is 2. The number of sulfonamides is 1. The van der Waals surface area contributed by atoms with Gasteiger partial charge in [0.1, 0.15) is 16.3 Å². The van der Waals surface area contributed by atoms with Crippen molar-refractivity contribution < 1.29 is 27.3 Å². The van der Waals surface area contributed by atoms with Gasteiger partial charge in [-0.05, 0) is 32.4 Å². The van der Waals surface area contributed by atoms with Gasteiger partial charge in [-0.25, -0.2) is 8.42 Å². The molecule has 174 valence electrons. The van der Waals surface area contributed by atoms with Crippen LogP contribution in [0, 0.1) is 13.8 Å². The number of aromatic nitrogens is 1. The van der Waals surface area contributed by atoms with Gasteiger partial charge >= 0.3 is 0 Å². The van der Waals surface area contributed by atoms with Gasteiger partial charge in [0.2, 0.25) is 10.0 Å². The number of hydrogen-bond donors (Lipinski definition) is 3. The van der Waals surface area contributed by atoms with Gasteiger partial charge in [-0.3, -0.25) is 20.4 Å². The minimum absolute atomic E-state index is 0.105. The Hall–Kier alpha value is -3.70. The van der Waals surface area contributed by atoms with Crippen molar-refractivity contribution in [2.45, 2.75) is 31.7 Å². The third-order valence-corrected chi connectivity index (χ3v) is 6.40. The second-order valence-electron chi connectivity index (χ2n) is 7.18. The molecule has 2 amide bonds. The fraction of sp³-hybridized carbons (Fsp3) is 0.227. The van der Waals surface area contributed by atoms with Crippen LogP contribution in [-0.4, -0.2) is 38.0 Å². The smallest absolute Gasteiger partial charge is 0.276 e. The number of nitrogens with one attached hydrogen (secondary N) is 3. The summed E-state index contributed by atoms with van der Waals surface area (Å²) in [5, 5.41) is 3.60. The van der Waals surface area contributed by atoms with Crippen molar-refractivity contribution in [1.29, 1.82) is 0 Å². The molecule has 3 aromatic rings. The maximum atomic E-state index is 12.5. The molecule has 3 N–H and O–H groups in total. The number of rotatable bonds is 8. The minimum atomic E-state index is -4.04. The molecule has 0 saturated heterocycles. The molecule has 0 unspecified atom stereocenters. The summed E-state index contributed by atoms with van der Waals surface area (Å²) in [6.45, 7) is 3.91. The molecule has 33 heavy (non-hydrogen) atoms. The van der Waals surface area contributed by atoms with Crippen molar-refractivity contribution in [3.63, 3.8) is 0 Å². The van der Waals surface area contributed by atoms with Crippen molar-refractivity contribution in [3.05, 3.63) is 66.1 Å². The van der Waals surface area contributed by atoms with E-state index in [4.69, 9.17) is 9.26 Å². The fourth-order valence-electron chi connectivity index (χ4n) is 3.07. The fourth-order valence-corrected chi connectivity index (χ4v) is 4.60. The average Bonchev–Trinajstić information content (AvgIpc) is 3.15. The van der Waals surface area contributed by atoms with Crippen LogP contribution < -0.4 is 20.3 Å².